The van der Waals surface area contributed by atoms with E-state index in [0.717, 1.165) is 11.1 Å². The van der Waals surface area contributed by atoms with Gasteiger partial charge in [-0.1, -0.05) is 6.07 Å². The van der Waals surface area contributed by atoms with Crippen LogP contribution in [0.3, 0.4) is 0 Å². The molecule has 0 unspecified atom stereocenters. The largest absolute Gasteiger partial charge is 0.497 e. The van der Waals surface area contributed by atoms with Gasteiger partial charge in [0.1, 0.15) is 17.5 Å². The van der Waals surface area contributed by atoms with Gasteiger partial charge in [0, 0.05) is 36.6 Å². The Kier molecular flexibility index (Phi) is 5.82. The van der Waals surface area contributed by atoms with E-state index in [-0.39, 0.29) is 30.3 Å². The van der Waals surface area contributed by atoms with Crippen LogP contribution in [0.2, 0.25) is 0 Å². The summed E-state index contributed by atoms with van der Waals surface area (Å²) in [5.41, 5.74) is 2.83. The summed E-state index contributed by atoms with van der Waals surface area (Å²) < 4.78 is 10.8. The Morgan fingerprint density at radius 2 is 1.94 bits per heavy atom. The molecule has 5 rings (SSSR count). The van der Waals surface area contributed by atoms with Crippen LogP contribution in [0.15, 0.2) is 60.9 Å². The number of pyridine rings is 1. The molecule has 3 heterocycles. The lowest BCUT2D eigenvalue weighted by atomic mass is 10.00. The molecule has 3 amide bonds. The first-order chi connectivity index (χ1) is 17.0. The van der Waals surface area contributed by atoms with Gasteiger partial charge in [-0.3, -0.25) is 19.4 Å². The molecule has 35 heavy (non-hydrogen) atoms. The number of methoxy groups -OCH3 is 2. The Morgan fingerprint density at radius 1 is 1.09 bits per heavy atom. The van der Waals surface area contributed by atoms with E-state index in [9.17, 15) is 14.4 Å². The summed E-state index contributed by atoms with van der Waals surface area (Å²) in [6.07, 6.45) is 3.40. The van der Waals surface area contributed by atoms with E-state index in [1.165, 1.54) is 11.1 Å². The number of hydrogen-bond donors (Lipinski definition) is 2. The standard InChI is InChI=1S/C26H24N4O5/c1-34-18-6-7-19(23(12-18)35-2)15-5-8-21-20(10-15)26(33)30-14-17(11-22(30)25(32)29-21)28-24(31)16-4-3-9-27-13-16/h3-10,12-13,17,22H,11,14H2,1-2H3,(H,28,31)(H,29,32)/t17-,22-/m0/s1. The molecule has 0 bridgehead atoms. The zero-order chi connectivity index (χ0) is 24.5. The molecule has 0 aliphatic carbocycles. The van der Waals surface area contributed by atoms with Crippen molar-refractivity contribution in [2.75, 3.05) is 26.1 Å². The van der Waals surface area contributed by atoms with Crippen molar-refractivity contribution in [3.8, 4) is 22.6 Å². The molecule has 178 valence electrons. The molecule has 9 heteroatoms. The Bertz CT molecular complexity index is 1310. The first-order valence-electron chi connectivity index (χ1n) is 11.2. The van der Waals surface area contributed by atoms with Crippen molar-refractivity contribution in [3.63, 3.8) is 0 Å². The molecule has 2 aliphatic heterocycles. The summed E-state index contributed by atoms with van der Waals surface area (Å²) >= 11 is 0. The fourth-order valence-corrected chi connectivity index (χ4v) is 4.58. The zero-order valence-electron chi connectivity index (χ0n) is 19.3. The third-order valence-electron chi connectivity index (χ3n) is 6.35. The van der Waals surface area contributed by atoms with E-state index in [1.807, 2.05) is 18.2 Å². The van der Waals surface area contributed by atoms with Crippen molar-refractivity contribution < 1.29 is 23.9 Å². The van der Waals surface area contributed by atoms with Crippen molar-refractivity contribution in [3.05, 3.63) is 72.1 Å². The van der Waals surface area contributed by atoms with Crippen molar-refractivity contribution in [1.82, 2.24) is 15.2 Å². The fourth-order valence-electron chi connectivity index (χ4n) is 4.58. The molecule has 1 fully saturated rings. The van der Waals surface area contributed by atoms with Crippen molar-refractivity contribution in [1.29, 1.82) is 0 Å². The molecular weight excluding hydrogens is 448 g/mol. The Balaban J connectivity index is 1.42. The highest BCUT2D eigenvalue weighted by atomic mass is 16.5. The second kappa shape index (κ2) is 9.09. The van der Waals surface area contributed by atoms with Crippen LogP contribution in [0.25, 0.3) is 11.1 Å². The molecule has 9 nitrogen and oxygen atoms in total. The molecule has 2 aromatic carbocycles. The number of nitrogens with zero attached hydrogens (tertiary/aromatic N) is 2. The summed E-state index contributed by atoms with van der Waals surface area (Å²) in [4.78, 5) is 44.6. The first-order valence-corrected chi connectivity index (χ1v) is 11.2. The molecule has 1 saturated heterocycles. The maximum absolute atomic E-state index is 13.6. The van der Waals surface area contributed by atoms with E-state index in [4.69, 9.17) is 9.47 Å². The predicted molar refractivity (Wildman–Crippen MR) is 129 cm³/mol. The average Bonchev–Trinajstić information content (AvgIpc) is 3.29. The van der Waals surface area contributed by atoms with Gasteiger partial charge < -0.3 is 25.0 Å². The van der Waals surface area contributed by atoms with Gasteiger partial charge in [0.2, 0.25) is 5.91 Å². The average molecular weight is 473 g/mol. The molecule has 0 radical (unpaired) electrons. The number of benzene rings is 2. The van der Waals surface area contributed by atoms with Crippen molar-refractivity contribution in [2.45, 2.75) is 18.5 Å². The highest BCUT2D eigenvalue weighted by molar-refractivity contribution is 6.11. The fraction of sp³-hybridized carbons (Fsp3) is 0.231. The van der Waals surface area contributed by atoms with Crippen molar-refractivity contribution in [2.24, 2.45) is 0 Å². The minimum atomic E-state index is -0.673. The maximum Gasteiger partial charge on any atom is 0.256 e. The van der Waals surface area contributed by atoms with Gasteiger partial charge in [0.25, 0.3) is 11.8 Å². The number of rotatable bonds is 5. The number of carbonyl (C=O) groups is 3. The summed E-state index contributed by atoms with van der Waals surface area (Å²) in [7, 11) is 3.15. The van der Waals surface area contributed by atoms with Crippen LogP contribution in [-0.2, 0) is 4.79 Å². The number of hydrogen-bond acceptors (Lipinski definition) is 6. The van der Waals surface area contributed by atoms with Crippen LogP contribution in [0.1, 0.15) is 27.1 Å². The maximum atomic E-state index is 13.6. The van der Waals surface area contributed by atoms with Gasteiger partial charge in [0.15, 0.2) is 0 Å². The number of nitrogens with one attached hydrogen (secondary N) is 2. The smallest absolute Gasteiger partial charge is 0.256 e. The van der Waals surface area contributed by atoms with Gasteiger partial charge >= 0.3 is 0 Å². The lowest BCUT2D eigenvalue weighted by Crippen LogP contribution is -2.41. The summed E-state index contributed by atoms with van der Waals surface area (Å²) in [5.74, 6) is 0.429. The number of aromatic nitrogens is 1. The normalized spacial score (nSPS) is 18.7. The van der Waals surface area contributed by atoms with E-state index >= 15 is 0 Å². The highest BCUT2D eigenvalue weighted by Gasteiger charge is 2.43. The van der Waals surface area contributed by atoms with Gasteiger partial charge in [-0.25, -0.2) is 0 Å². The Hall–Kier alpha value is -4.40. The minimum absolute atomic E-state index is 0.235. The Labute approximate surface area is 202 Å². The summed E-state index contributed by atoms with van der Waals surface area (Å²) in [6, 6.07) is 13.1. The molecule has 0 saturated carbocycles. The molecule has 3 aromatic rings. The second-order valence-corrected chi connectivity index (χ2v) is 8.44. The van der Waals surface area contributed by atoms with Crippen LogP contribution >= 0.6 is 0 Å². The lowest BCUT2D eigenvalue weighted by Gasteiger charge is -2.20. The summed E-state index contributed by atoms with van der Waals surface area (Å²) in [5, 5.41) is 5.80. The SMILES string of the molecule is COc1ccc(-c2ccc3c(c2)C(=O)N2C[C@@H](NC(=O)c4cccnc4)C[C@H]2C(=O)N3)c(OC)c1. The zero-order valence-corrected chi connectivity index (χ0v) is 19.3. The molecule has 2 atom stereocenters. The van der Waals surface area contributed by atoms with Crippen LogP contribution < -0.4 is 20.1 Å². The van der Waals surface area contributed by atoms with Gasteiger partial charge in [-0.15, -0.1) is 0 Å². The molecule has 1 aromatic heterocycles. The van der Waals surface area contributed by atoms with Crippen LogP contribution in [-0.4, -0.2) is 60.5 Å². The lowest BCUT2D eigenvalue weighted by molar-refractivity contribution is -0.119. The number of carbonyl (C=O) groups excluding carboxylic acids is 3. The summed E-state index contributed by atoms with van der Waals surface area (Å²) in [6.45, 7) is 0.235. The monoisotopic (exact) mass is 472 g/mol. The Morgan fingerprint density at radius 3 is 2.69 bits per heavy atom. The number of fused-ring (bicyclic) bond motifs is 2. The third-order valence-corrected chi connectivity index (χ3v) is 6.35. The first kappa shape index (κ1) is 22.4. The molecule has 0 spiro atoms. The molecule has 2 aliphatic rings. The quantitative estimate of drug-likeness (QED) is 0.591. The van der Waals surface area contributed by atoms with Crippen molar-refractivity contribution >= 4 is 23.4 Å². The highest BCUT2D eigenvalue weighted by Crippen LogP contribution is 2.37. The van der Waals surface area contributed by atoms with E-state index in [1.54, 1.807) is 50.7 Å². The number of anilines is 1. The van der Waals surface area contributed by atoms with Gasteiger partial charge in [-0.2, -0.15) is 0 Å². The van der Waals surface area contributed by atoms with E-state index in [2.05, 4.69) is 15.6 Å². The number of ether oxygens (including phenoxy) is 2. The molecule has 2 N–H and O–H groups in total. The third kappa shape index (κ3) is 4.16. The van der Waals surface area contributed by atoms with Gasteiger partial charge in [-0.05, 0) is 48.4 Å². The predicted octanol–water partition coefficient (Wildman–Crippen LogP) is 2.73. The van der Waals surface area contributed by atoms with Gasteiger partial charge in [0.05, 0.1) is 31.0 Å². The minimum Gasteiger partial charge on any atom is -0.497 e. The second-order valence-electron chi connectivity index (χ2n) is 8.44. The topological polar surface area (TPSA) is 110 Å². The number of amides is 3. The van der Waals surface area contributed by atoms with Crippen LogP contribution in [0.5, 0.6) is 11.5 Å². The van der Waals surface area contributed by atoms with E-state index in [0.29, 0.717) is 34.7 Å². The molecular formula is C26H24N4O5. The van der Waals surface area contributed by atoms with E-state index < -0.39 is 6.04 Å². The van der Waals surface area contributed by atoms with Crippen LogP contribution in [0.4, 0.5) is 5.69 Å². The van der Waals surface area contributed by atoms with Crippen LogP contribution in [0, 0.1) is 0 Å².